The molecule has 0 fully saturated rings. The molecule has 5 rings (SSSR count). The van der Waals surface area contributed by atoms with Crippen molar-refractivity contribution in [2.75, 3.05) is 5.32 Å². The number of nitrogens with one attached hydrogen (secondary N) is 1. The van der Waals surface area contributed by atoms with Crippen LogP contribution in [0.15, 0.2) is 30.7 Å². The Kier molecular flexibility index (Phi) is 3.41. The molecule has 0 bridgehead atoms. The van der Waals surface area contributed by atoms with Gasteiger partial charge in [-0.15, -0.1) is 21.5 Å². The van der Waals surface area contributed by atoms with Crippen molar-refractivity contribution in [2.24, 2.45) is 5.92 Å². The fourth-order valence-electron chi connectivity index (χ4n) is 3.58. The van der Waals surface area contributed by atoms with Crippen LogP contribution >= 0.6 is 11.3 Å². The zero-order valence-electron chi connectivity index (χ0n) is 13.9. The molecule has 25 heavy (non-hydrogen) atoms. The van der Waals surface area contributed by atoms with Crippen LogP contribution < -0.4 is 5.32 Å². The van der Waals surface area contributed by atoms with Gasteiger partial charge in [-0.05, 0) is 42.9 Å². The van der Waals surface area contributed by atoms with Crippen LogP contribution in [0.1, 0.15) is 29.6 Å². The van der Waals surface area contributed by atoms with Crippen molar-refractivity contribution >= 4 is 33.0 Å². The minimum absolute atomic E-state index is 0.582. The highest BCUT2D eigenvalue weighted by Crippen LogP contribution is 2.39. The quantitative estimate of drug-likeness (QED) is 0.613. The van der Waals surface area contributed by atoms with E-state index in [-0.39, 0.29) is 0 Å². The van der Waals surface area contributed by atoms with Crippen molar-refractivity contribution < 1.29 is 0 Å². The number of hydrogen-bond donors (Lipinski definition) is 1. The molecule has 0 radical (unpaired) electrons. The van der Waals surface area contributed by atoms with Gasteiger partial charge in [-0.25, -0.2) is 9.97 Å². The van der Waals surface area contributed by atoms with Crippen molar-refractivity contribution in [1.82, 2.24) is 24.6 Å². The van der Waals surface area contributed by atoms with Crippen LogP contribution in [0.2, 0.25) is 0 Å². The van der Waals surface area contributed by atoms with Crippen molar-refractivity contribution in [3.8, 4) is 0 Å². The molecule has 0 spiro atoms. The smallest absolute Gasteiger partial charge is 0.160 e. The number of thiophene rings is 1. The van der Waals surface area contributed by atoms with Gasteiger partial charge in [0.15, 0.2) is 11.5 Å². The standard InChI is InChI=1S/C18H18N6S/c1-11-5-6-12-13(8-11)25-18-16(12)17(20-10-21-18)19-9-15-23-22-14-4-2-3-7-24(14)15/h2-4,7,10-11H,5-6,8-9H2,1H3,(H,19,20,21). The van der Waals surface area contributed by atoms with Crippen molar-refractivity contribution in [1.29, 1.82) is 0 Å². The van der Waals surface area contributed by atoms with Gasteiger partial charge in [-0.1, -0.05) is 13.0 Å². The molecular formula is C18H18N6S. The SMILES string of the molecule is CC1CCc2c(sc3ncnc(NCc4nnc5ccccn45)c23)C1. The van der Waals surface area contributed by atoms with Gasteiger partial charge < -0.3 is 5.32 Å². The number of nitrogens with zero attached hydrogens (tertiary/aromatic N) is 5. The molecule has 1 atom stereocenters. The summed E-state index contributed by atoms with van der Waals surface area (Å²) in [6.07, 6.45) is 7.15. The van der Waals surface area contributed by atoms with Crippen molar-refractivity contribution in [2.45, 2.75) is 32.7 Å². The first-order valence-electron chi connectivity index (χ1n) is 8.57. The van der Waals surface area contributed by atoms with Gasteiger partial charge in [0.2, 0.25) is 0 Å². The number of fused-ring (bicyclic) bond motifs is 4. The maximum absolute atomic E-state index is 4.51. The number of hydrogen-bond acceptors (Lipinski definition) is 6. The predicted molar refractivity (Wildman–Crippen MR) is 98.9 cm³/mol. The van der Waals surface area contributed by atoms with Crippen LogP contribution in [0, 0.1) is 5.92 Å². The Morgan fingerprint density at radius 2 is 2.24 bits per heavy atom. The van der Waals surface area contributed by atoms with E-state index in [0.29, 0.717) is 6.54 Å². The van der Waals surface area contributed by atoms with E-state index in [1.54, 1.807) is 6.33 Å². The van der Waals surface area contributed by atoms with Crippen LogP contribution in [0.25, 0.3) is 15.9 Å². The Morgan fingerprint density at radius 1 is 1.28 bits per heavy atom. The van der Waals surface area contributed by atoms with E-state index in [1.165, 1.54) is 22.2 Å². The lowest BCUT2D eigenvalue weighted by atomic mass is 9.89. The summed E-state index contributed by atoms with van der Waals surface area (Å²) in [4.78, 5) is 11.6. The molecule has 1 unspecified atom stereocenters. The van der Waals surface area contributed by atoms with Crippen LogP contribution in [-0.4, -0.2) is 24.6 Å². The monoisotopic (exact) mass is 350 g/mol. The first-order chi connectivity index (χ1) is 12.3. The molecule has 126 valence electrons. The molecule has 0 amide bonds. The van der Waals surface area contributed by atoms with E-state index >= 15 is 0 Å². The van der Waals surface area contributed by atoms with Gasteiger partial charge >= 0.3 is 0 Å². The second-order valence-electron chi connectivity index (χ2n) is 6.65. The summed E-state index contributed by atoms with van der Waals surface area (Å²) in [7, 11) is 0. The largest absolute Gasteiger partial charge is 0.362 e. The minimum Gasteiger partial charge on any atom is -0.362 e. The van der Waals surface area contributed by atoms with Crippen molar-refractivity contribution in [3.63, 3.8) is 0 Å². The molecule has 4 heterocycles. The third kappa shape index (κ3) is 2.46. The topological polar surface area (TPSA) is 68.0 Å². The van der Waals surface area contributed by atoms with Gasteiger partial charge in [0.05, 0.1) is 11.9 Å². The normalized spacial score (nSPS) is 17.1. The highest BCUT2D eigenvalue weighted by molar-refractivity contribution is 7.19. The highest BCUT2D eigenvalue weighted by Gasteiger charge is 2.23. The Morgan fingerprint density at radius 3 is 3.20 bits per heavy atom. The maximum Gasteiger partial charge on any atom is 0.160 e. The summed E-state index contributed by atoms with van der Waals surface area (Å²) >= 11 is 1.82. The molecule has 7 heteroatoms. The van der Waals surface area contributed by atoms with E-state index in [0.717, 1.165) is 40.9 Å². The molecule has 0 saturated carbocycles. The number of rotatable bonds is 3. The van der Waals surface area contributed by atoms with Crippen LogP contribution in [0.4, 0.5) is 5.82 Å². The average molecular weight is 350 g/mol. The second-order valence-corrected chi connectivity index (χ2v) is 7.74. The maximum atomic E-state index is 4.51. The minimum atomic E-state index is 0.582. The van der Waals surface area contributed by atoms with Crippen LogP contribution in [-0.2, 0) is 19.4 Å². The molecule has 4 aromatic rings. The van der Waals surface area contributed by atoms with Gasteiger partial charge in [0.25, 0.3) is 0 Å². The Balaban J connectivity index is 1.51. The zero-order chi connectivity index (χ0) is 16.8. The van der Waals surface area contributed by atoms with Gasteiger partial charge in [-0.2, -0.15) is 0 Å². The average Bonchev–Trinajstić information content (AvgIpc) is 3.20. The summed E-state index contributed by atoms with van der Waals surface area (Å²) in [5.74, 6) is 2.54. The predicted octanol–water partition coefficient (Wildman–Crippen LogP) is 3.47. The molecule has 6 nitrogen and oxygen atoms in total. The molecule has 4 aromatic heterocycles. The lowest BCUT2D eigenvalue weighted by Crippen LogP contribution is -2.10. The second kappa shape index (κ2) is 5.77. The highest BCUT2D eigenvalue weighted by atomic mass is 32.1. The summed E-state index contributed by atoms with van der Waals surface area (Å²) in [5, 5.41) is 13.1. The fourth-order valence-corrected chi connectivity index (χ4v) is 4.93. The first-order valence-corrected chi connectivity index (χ1v) is 9.39. The van der Waals surface area contributed by atoms with E-state index in [2.05, 4.69) is 32.4 Å². The van der Waals surface area contributed by atoms with E-state index in [1.807, 2.05) is 40.1 Å². The summed E-state index contributed by atoms with van der Waals surface area (Å²) in [6.45, 7) is 2.91. The molecule has 0 aromatic carbocycles. The summed E-state index contributed by atoms with van der Waals surface area (Å²) in [5.41, 5.74) is 2.29. The molecule has 1 aliphatic carbocycles. The molecular weight excluding hydrogens is 332 g/mol. The summed E-state index contributed by atoms with van der Waals surface area (Å²) in [6, 6.07) is 5.91. The van der Waals surface area contributed by atoms with Crippen LogP contribution in [0.5, 0.6) is 0 Å². The lowest BCUT2D eigenvalue weighted by Gasteiger charge is -2.18. The third-order valence-electron chi connectivity index (χ3n) is 4.89. The van der Waals surface area contributed by atoms with Crippen molar-refractivity contribution in [3.05, 3.63) is 47.0 Å². The Bertz CT molecular complexity index is 1070. The first kappa shape index (κ1) is 14.8. The van der Waals surface area contributed by atoms with Crippen LogP contribution in [0.3, 0.4) is 0 Å². The van der Waals surface area contributed by atoms with Gasteiger partial charge in [-0.3, -0.25) is 4.40 Å². The lowest BCUT2D eigenvalue weighted by molar-refractivity contribution is 0.509. The molecule has 0 aliphatic heterocycles. The molecule has 1 aliphatic rings. The van der Waals surface area contributed by atoms with E-state index in [9.17, 15) is 0 Å². The van der Waals surface area contributed by atoms with E-state index < -0.39 is 0 Å². The molecule has 0 saturated heterocycles. The molecule has 1 N–H and O–H groups in total. The van der Waals surface area contributed by atoms with E-state index in [4.69, 9.17) is 0 Å². The summed E-state index contributed by atoms with van der Waals surface area (Å²) < 4.78 is 2.00. The number of anilines is 1. The zero-order valence-corrected chi connectivity index (χ0v) is 14.8. The van der Waals surface area contributed by atoms with Gasteiger partial charge in [0.1, 0.15) is 17.0 Å². The Labute approximate surface area is 149 Å². The fraction of sp³-hybridized carbons (Fsp3) is 0.333. The third-order valence-corrected chi connectivity index (χ3v) is 6.05. The number of pyridine rings is 1. The number of aryl methyl sites for hydroxylation is 1. The number of aromatic nitrogens is 5. The Hall–Kier alpha value is -2.54. The van der Waals surface area contributed by atoms with Gasteiger partial charge in [0, 0.05) is 11.1 Å².